The third-order valence-electron chi connectivity index (χ3n) is 4.65. The van der Waals surface area contributed by atoms with E-state index in [0.717, 1.165) is 12.8 Å². The zero-order valence-corrected chi connectivity index (χ0v) is 13.4. The lowest BCUT2D eigenvalue weighted by molar-refractivity contribution is -0.0834. The van der Waals surface area contributed by atoms with Crippen molar-refractivity contribution < 1.29 is 4.74 Å². The summed E-state index contributed by atoms with van der Waals surface area (Å²) in [5.74, 6) is 0.715. The number of hydrogen-bond donors (Lipinski definition) is 1. The molecule has 1 unspecified atom stereocenters. The second-order valence-corrected chi connectivity index (χ2v) is 6.63. The zero-order chi connectivity index (χ0) is 14.6. The van der Waals surface area contributed by atoms with Crippen LogP contribution in [0.4, 0.5) is 0 Å². The molecule has 2 heteroatoms. The van der Waals surface area contributed by atoms with Gasteiger partial charge in [-0.05, 0) is 56.2 Å². The van der Waals surface area contributed by atoms with Crippen molar-refractivity contribution in [1.29, 1.82) is 0 Å². The van der Waals surface area contributed by atoms with E-state index >= 15 is 0 Å². The van der Waals surface area contributed by atoms with E-state index in [9.17, 15) is 0 Å². The monoisotopic (exact) mass is 275 g/mol. The molecule has 1 N–H and O–H groups in total. The van der Waals surface area contributed by atoms with Crippen molar-refractivity contribution in [3.8, 4) is 0 Å². The third-order valence-corrected chi connectivity index (χ3v) is 4.65. The van der Waals surface area contributed by atoms with Gasteiger partial charge in [-0.3, -0.25) is 0 Å². The molecule has 1 atom stereocenters. The van der Waals surface area contributed by atoms with Gasteiger partial charge in [0.1, 0.15) is 0 Å². The molecule has 0 aromatic heterocycles. The first kappa shape index (κ1) is 15.5. The molecule has 1 fully saturated rings. The van der Waals surface area contributed by atoms with Crippen molar-refractivity contribution >= 4 is 0 Å². The first-order valence-corrected chi connectivity index (χ1v) is 7.90. The standard InChI is InChI=1S/C18H29NO/c1-14(2)12-15-6-8-16(9-7-15)17(19-3)13-18(20-4)10-5-11-18/h6-9,14,17,19H,5,10-13H2,1-4H3. The van der Waals surface area contributed by atoms with Crippen LogP contribution >= 0.6 is 0 Å². The minimum atomic E-state index is 0.115. The van der Waals surface area contributed by atoms with Gasteiger partial charge in [0.25, 0.3) is 0 Å². The normalized spacial score (nSPS) is 18.9. The molecule has 1 aliphatic carbocycles. The number of methoxy groups -OCH3 is 1. The highest BCUT2D eigenvalue weighted by molar-refractivity contribution is 5.26. The highest BCUT2D eigenvalue weighted by atomic mass is 16.5. The summed E-state index contributed by atoms with van der Waals surface area (Å²) in [6, 6.07) is 9.50. The van der Waals surface area contributed by atoms with E-state index < -0.39 is 0 Å². The van der Waals surface area contributed by atoms with Crippen LogP contribution in [0.25, 0.3) is 0 Å². The highest BCUT2D eigenvalue weighted by Gasteiger charge is 2.38. The Morgan fingerprint density at radius 2 is 1.85 bits per heavy atom. The average Bonchev–Trinajstić information content (AvgIpc) is 2.39. The number of ether oxygens (including phenoxy) is 1. The Labute approximate surface area is 123 Å². The molecule has 112 valence electrons. The maximum absolute atomic E-state index is 5.76. The van der Waals surface area contributed by atoms with Crippen molar-refractivity contribution in [2.75, 3.05) is 14.2 Å². The quantitative estimate of drug-likeness (QED) is 0.808. The van der Waals surface area contributed by atoms with E-state index in [4.69, 9.17) is 4.74 Å². The molecule has 0 aliphatic heterocycles. The van der Waals surface area contributed by atoms with Gasteiger partial charge in [0.05, 0.1) is 5.60 Å². The van der Waals surface area contributed by atoms with Gasteiger partial charge in [-0.25, -0.2) is 0 Å². The third kappa shape index (κ3) is 3.62. The molecule has 0 radical (unpaired) electrons. The molecule has 0 heterocycles. The van der Waals surface area contributed by atoms with Gasteiger partial charge in [-0.15, -0.1) is 0 Å². The van der Waals surface area contributed by atoms with Gasteiger partial charge in [0.2, 0.25) is 0 Å². The van der Waals surface area contributed by atoms with Gasteiger partial charge >= 0.3 is 0 Å². The number of hydrogen-bond acceptors (Lipinski definition) is 2. The van der Waals surface area contributed by atoms with Gasteiger partial charge in [-0.2, -0.15) is 0 Å². The summed E-state index contributed by atoms with van der Waals surface area (Å²) in [6.07, 6.45) is 5.94. The van der Waals surface area contributed by atoms with Crippen LogP contribution in [0, 0.1) is 5.92 Å². The number of benzene rings is 1. The zero-order valence-electron chi connectivity index (χ0n) is 13.4. The summed E-state index contributed by atoms with van der Waals surface area (Å²) in [7, 11) is 3.91. The summed E-state index contributed by atoms with van der Waals surface area (Å²) < 4.78 is 5.76. The fourth-order valence-electron chi connectivity index (χ4n) is 3.18. The van der Waals surface area contributed by atoms with E-state index in [-0.39, 0.29) is 5.60 Å². The Bertz CT molecular complexity index is 400. The minimum absolute atomic E-state index is 0.115. The van der Waals surface area contributed by atoms with E-state index in [1.165, 1.54) is 30.4 Å². The largest absolute Gasteiger partial charge is 0.378 e. The lowest BCUT2D eigenvalue weighted by Crippen LogP contribution is -2.42. The fourth-order valence-corrected chi connectivity index (χ4v) is 3.18. The molecular weight excluding hydrogens is 246 g/mol. The van der Waals surface area contributed by atoms with E-state index in [1.807, 2.05) is 7.11 Å². The smallest absolute Gasteiger partial charge is 0.0697 e. The molecule has 1 aromatic carbocycles. The molecule has 1 aliphatic rings. The van der Waals surface area contributed by atoms with Crippen LogP contribution in [0.5, 0.6) is 0 Å². The van der Waals surface area contributed by atoms with Crippen molar-refractivity contribution in [2.24, 2.45) is 5.92 Å². The van der Waals surface area contributed by atoms with E-state index in [2.05, 4.69) is 50.5 Å². The minimum Gasteiger partial charge on any atom is -0.378 e. The van der Waals surface area contributed by atoms with Crippen LogP contribution in [-0.2, 0) is 11.2 Å². The van der Waals surface area contributed by atoms with E-state index in [1.54, 1.807) is 0 Å². The highest BCUT2D eigenvalue weighted by Crippen LogP contribution is 2.41. The van der Waals surface area contributed by atoms with Crippen molar-refractivity contribution in [1.82, 2.24) is 5.32 Å². The summed E-state index contributed by atoms with van der Waals surface area (Å²) in [6.45, 7) is 4.53. The Balaban J connectivity index is 2.03. The average molecular weight is 275 g/mol. The molecule has 0 bridgehead atoms. The van der Waals surface area contributed by atoms with Gasteiger partial charge in [0.15, 0.2) is 0 Å². The van der Waals surface area contributed by atoms with Crippen LogP contribution in [0.1, 0.15) is 56.7 Å². The van der Waals surface area contributed by atoms with Gasteiger partial charge in [0, 0.05) is 13.2 Å². The van der Waals surface area contributed by atoms with Crippen molar-refractivity contribution in [3.63, 3.8) is 0 Å². The number of nitrogens with one attached hydrogen (secondary N) is 1. The van der Waals surface area contributed by atoms with Crippen LogP contribution in [0.15, 0.2) is 24.3 Å². The molecule has 2 nitrogen and oxygen atoms in total. The molecule has 1 saturated carbocycles. The molecule has 20 heavy (non-hydrogen) atoms. The molecule has 0 saturated heterocycles. The first-order chi connectivity index (χ1) is 9.58. The Hall–Kier alpha value is -0.860. The van der Waals surface area contributed by atoms with Crippen LogP contribution < -0.4 is 5.32 Å². The predicted molar refractivity (Wildman–Crippen MR) is 85.0 cm³/mol. The molecule has 2 rings (SSSR count). The second-order valence-electron chi connectivity index (χ2n) is 6.63. The van der Waals surface area contributed by atoms with Crippen molar-refractivity contribution in [2.45, 2.75) is 57.6 Å². The Kier molecular flexibility index (Phi) is 5.22. The maximum atomic E-state index is 5.76. The van der Waals surface area contributed by atoms with Crippen molar-refractivity contribution in [3.05, 3.63) is 35.4 Å². The lowest BCUT2D eigenvalue weighted by atomic mass is 9.74. The van der Waals surface area contributed by atoms with Crippen LogP contribution in [0.3, 0.4) is 0 Å². The first-order valence-electron chi connectivity index (χ1n) is 7.90. The summed E-state index contributed by atoms with van der Waals surface area (Å²) in [4.78, 5) is 0. The van der Waals surface area contributed by atoms with Crippen LogP contribution in [-0.4, -0.2) is 19.8 Å². The Morgan fingerprint density at radius 1 is 1.20 bits per heavy atom. The van der Waals surface area contributed by atoms with Gasteiger partial charge < -0.3 is 10.1 Å². The Morgan fingerprint density at radius 3 is 2.25 bits per heavy atom. The molecular formula is C18H29NO. The van der Waals surface area contributed by atoms with E-state index in [0.29, 0.717) is 12.0 Å². The molecule has 0 amide bonds. The van der Waals surface area contributed by atoms with Crippen LogP contribution in [0.2, 0.25) is 0 Å². The molecule has 1 aromatic rings. The summed E-state index contributed by atoms with van der Waals surface area (Å²) in [5.41, 5.74) is 2.93. The number of rotatable bonds is 7. The SMILES string of the molecule is CNC(CC1(OC)CCC1)c1ccc(CC(C)C)cc1. The fraction of sp³-hybridized carbons (Fsp3) is 0.667. The maximum Gasteiger partial charge on any atom is 0.0697 e. The summed E-state index contributed by atoms with van der Waals surface area (Å²) in [5, 5.41) is 3.46. The second kappa shape index (κ2) is 6.73. The summed E-state index contributed by atoms with van der Waals surface area (Å²) >= 11 is 0. The lowest BCUT2D eigenvalue weighted by Gasteiger charge is -2.43. The van der Waals surface area contributed by atoms with Gasteiger partial charge in [-0.1, -0.05) is 38.1 Å². The predicted octanol–water partition coefficient (Wildman–Crippen LogP) is 4.10. The topological polar surface area (TPSA) is 21.3 Å². The molecule has 0 spiro atoms.